The molecule has 0 fully saturated rings. The number of rotatable bonds is 4. The maximum absolute atomic E-state index is 12.4. The van der Waals surface area contributed by atoms with E-state index in [4.69, 9.17) is 4.74 Å². The zero-order valence-corrected chi connectivity index (χ0v) is 13.3. The predicted octanol–water partition coefficient (Wildman–Crippen LogP) is 2.26. The van der Waals surface area contributed by atoms with E-state index in [1.807, 2.05) is 31.2 Å². The molecule has 0 atom stereocenters. The molecule has 122 valence electrons. The molecule has 0 bridgehead atoms. The number of ether oxygens (including phenoxy) is 1. The van der Waals surface area contributed by atoms with Gasteiger partial charge in [-0.25, -0.2) is 0 Å². The van der Waals surface area contributed by atoms with Crippen molar-refractivity contribution < 1.29 is 19.1 Å². The van der Waals surface area contributed by atoms with E-state index in [1.165, 1.54) is 0 Å². The summed E-state index contributed by atoms with van der Waals surface area (Å²) in [5.74, 6) is -1.43. The van der Waals surface area contributed by atoms with Crippen LogP contribution in [0.1, 0.15) is 27.0 Å². The van der Waals surface area contributed by atoms with Crippen LogP contribution in [0.25, 0.3) is 0 Å². The van der Waals surface area contributed by atoms with Crippen molar-refractivity contribution in [1.82, 2.24) is 4.90 Å². The quantitative estimate of drug-likeness (QED) is 0.639. The Morgan fingerprint density at radius 2 is 1.79 bits per heavy atom. The SMILES string of the molecule is Cc1ccccc1COC(=O)CN1C(=O)Cc2ccccc2C1=O. The Morgan fingerprint density at radius 3 is 2.58 bits per heavy atom. The molecule has 5 heteroatoms. The van der Waals surface area contributed by atoms with E-state index >= 15 is 0 Å². The molecule has 0 unspecified atom stereocenters. The Bertz CT molecular complexity index is 813. The maximum Gasteiger partial charge on any atom is 0.326 e. The third-order valence-corrected chi connectivity index (χ3v) is 4.07. The Labute approximate surface area is 139 Å². The third-order valence-electron chi connectivity index (χ3n) is 4.07. The van der Waals surface area contributed by atoms with E-state index in [-0.39, 0.29) is 25.5 Å². The molecule has 0 aromatic heterocycles. The Kier molecular flexibility index (Phi) is 4.42. The second-order valence-electron chi connectivity index (χ2n) is 5.71. The van der Waals surface area contributed by atoms with E-state index in [9.17, 15) is 14.4 Å². The van der Waals surface area contributed by atoms with Gasteiger partial charge in [0.15, 0.2) is 0 Å². The minimum Gasteiger partial charge on any atom is -0.459 e. The van der Waals surface area contributed by atoms with Crippen molar-refractivity contribution >= 4 is 17.8 Å². The Hall–Kier alpha value is -2.95. The van der Waals surface area contributed by atoms with Crippen molar-refractivity contribution in [3.8, 4) is 0 Å². The van der Waals surface area contributed by atoms with Crippen LogP contribution in [0.2, 0.25) is 0 Å². The average Bonchev–Trinajstić information content (AvgIpc) is 2.58. The zero-order chi connectivity index (χ0) is 17.1. The molecule has 0 saturated heterocycles. The second-order valence-corrected chi connectivity index (χ2v) is 5.71. The predicted molar refractivity (Wildman–Crippen MR) is 87.2 cm³/mol. The topological polar surface area (TPSA) is 63.7 Å². The largest absolute Gasteiger partial charge is 0.459 e. The van der Waals surface area contributed by atoms with Gasteiger partial charge in [0.2, 0.25) is 5.91 Å². The normalized spacial score (nSPS) is 13.6. The number of fused-ring (bicyclic) bond motifs is 1. The molecule has 1 heterocycles. The summed E-state index contributed by atoms with van der Waals surface area (Å²) in [5, 5.41) is 0. The second kappa shape index (κ2) is 6.66. The van der Waals surface area contributed by atoms with Gasteiger partial charge in [-0.15, -0.1) is 0 Å². The molecule has 0 N–H and O–H groups in total. The molecular weight excluding hydrogens is 306 g/mol. The molecule has 0 saturated carbocycles. The lowest BCUT2D eigenvalue weighted by atomic mass is 9.98. The highest BCUT2D eigenvalue weighted by Crippen LogP contribution is 2.19. The molecule has 24 heavy (non-hydrogen) atoms. The number of carbonyl (C=O) groups excluding carboxylic acids is 3. The first-order valence-electron chi connectivity index (χ1n) is 7.69. The number of carbonyl (C=O) groups is 3. The van der Waals surface area contributed by atoms with Gasteiger partial charge in [-0.3, -0.25) is 19.3 Å². The van der Waals surface area contributed by atoms with Crippen LogP contribution < -0.4 is 0 Å². The summed E-state index contributed by atoms with van der Waals surface area (Å²) in [7, 11) is 0. The third kappa shape index (κ3) is 3.20. The van der Waals surface area contributed by atoms with Crippen molar-refractivity contribution in [2.24, 2.45) is 0 Å². The van der Waals surface area contributed by atoms with E-state index in [0.717, 1.165) is 16.0 Å². The van der Waals surface area contributed by atoms with E-state index < -0.39 is 11.9 Å². The fraction of sp³-hybridized carbons (Fsp3) is 0.211. The number of benzene rings is 2. The number of hydrogen-bond acceptors (Lipinski definition) is 4. The molecule has 2 aromatic rings. The smallest absolute Gasteiger partial charge is 0.326 e. The van der Waals surface area contributed by atoms with Crippen molar-refractivity contribution in [2.75, 3.05) is 6.54 Å². The van der Waals surface area contributed by atoms with E-state index in [1.54, 1.807) is 24.3 Å². The van der Waals surface area contributed by atoms with Crippen LogP contribution in [0, 0.1) is 6.92 Å². The Morgan fingerprint density at radius 1 is 1.08 bits per heavy atom. The van der Waals surface area contributed by atoms with Gasteiger partial charge in [0.1, 0.15) is 13.2 Å². The first-order chi connectivity index (χ1) is 11.6. The van der Waals surface area contributed by atoms with Gasteiger partial charge >= 0.3 is 5.97 Å². The highest BCUT2D eigenvalue weighted by Gasteiger charge is 2.32. The number of aryl methyl sites for hydroxylation is 1. The molecular formula is C19H17NO4. The van der Waals surface area contributed by atoms with Gasteiger partial charge in [0, 0.05) is 5.56 Å². The van der Waals surface area contributed by atoms with Crippen LogP contribution in [0.15, 0.2) is 48.5 Å². The minimum absolute atomic E-state index is 0.118. The van der Waals surface area contributed by atoms with Gasteiger partial charge in [-0.1, -0.05) is 42.5 Å². The van der Waals surface area contributed by atoms with Crippen LogP contribution in [0.4, 0.5) is 0 Å². The number of amides is 2. The summed E-state index contributed by atoms with van der Waals surface area (Å²) in [6, 6.07) is 14.5. The molecule has 1 aliphatic heterocycles. The van der Waals surface area contributed by atoms with Crippen LogP contribution >= 0.6 is 0 Å². The van der Waals surface area contributed by atoms with Gasteiger partial charge < -0.3 is 4.74 Å². The minimum atomic E-state index is -0.598. The molecule has 1 aliphatic rings. The molecule has 3 rings (SSSR count). The lowest BCUT2D eigenvalue weighted by molar-refractivity contribution is -0.149. The van der Waals surface area contributed by atoms with Crippen LogP contribution in [-0.2, 0) is 27.4 Å². The Balaban J connectivity index is 1.65. The molecule has 0 spiro atoms. The van der Waals surface area contributed by atoms with Gasteiger partial charge in [0.05, 0.1) is 6.42 Å². The van der Waals surface area contributed by atoms with Gasteiger partial charge in [-0.05, 0) is 29.7 Å². The average molecular weight is 323 g/mol. The van der Waals surface area contributed by atoms with Gasteiger partial charge in [0.25, 0.3) is 5.91 Å². The van der Waals surface area contributed by atoms with Crippen molar-refractivity contribution in [2.45, 2.75) is 20.0 Å². The summed E-state index contributed by atoms with van der Waals surface area (Å²) in [5.41, 5.74) is 3.07. The van der Waals surface area contributed by atoms with Crippen molar-refractivity contribution in [3.63, 3.8) is 0 Å². The van der Waals surface area contributed by atoms with Crippen LogP contribution in [-0.4, -0.2) is 29.2 Å². The summed E-state index contributed by atoms with van der Waals surface area (Å²) in [6.07, 6.45) is 0.118. The first kappa shape index (κ1) is 15.9. The fourth-order valence-electron chi connectivity index (χ4n) is 2.67. The summed E-state index contributed by atoms with van der Waals surface area (Å²) >= 11 is 0. The van der Waals surface area contributed by atoms with Crippen LogP contribution in [0.5, 0.6) is 0 Å². The first-order valence-corrected chi connectivity index (χ1v) is 7.69. The summed E-state index contributed by atoms with van der Waals surface area (Å²) < 4.78 is 5.21. The van der Waals surface area contributed by atoms with E-state index in [0.29, 0.717) is 11.1 Å². The number of nitrogens with zero attached hydrogens (tertiary/aromatic N) is 1. The molecule has 0 radical (unpaired) electrons. The summed E-state index contributed by atoms with van der Waals surface area (Å²) in [6.45, 7) is 1.69. The monoisotopic (exact) mass is 323 g/mol. The van der Waals surface area contributed by atoms with E-state index in [2.05, 4.69) is 0 Å². The highest BCUT2D eigenvalue weighted by atomic mass is 16.5. The zero-order valence-electron chi connectivity index (χ0n) is 13.3. The molecule has 2 aromatic carbocycles. The van der Waals surface area contributed by atoms with Gasteiger partial charge in [-0.2, -0.15) is 0 Å². The highest BCUT2D eigenvalue weighted by molar-refractivity contribution is 6.11. The molecule has 0 aliphatic carbocycles. The lowest BCUT2D eigenvalue weighted by Crippen LogP contribution is -2.45. The number of hydrogen-bond donors (Lipinski definition) is 0. The molecule has 2 amide bonds. The molecule has 5 nitrogen and oxygen atoms in total. The lowest BCUT2D eigenvalue weighted by Gasteiger charge is -2.25. The summed E-state index contributed by atoms with van der Waals surface area (Å²) in [4.78, 5) is 37.5. The maximum atomic E-state index is 12.4. The number of imide groups is 1. The van der Waals surface area contributed by atoms with Crippen LogP contribution in [0.3, 0.4) is 0 Å². The standard InChI is InChI=1S/C19H17NO4/c1-13-6-2-3-8-15(13)12-24-18(22)11-20-17(21)10-14-7-4-5-9-16(14)19(20)23/h2-9H,10-12H2,1H3. The van der Waals surface area contributed by atoms with Crippen molar-refractivity contribution in [1.29, 1.82) is 0 Å². The van der Waals surface area contributed by atoms with Crippen molar-refractivity contribution in [3.05, 3.63) is 70.8 Å². The number of esters is 1. The fourth-order valence-corrected chi connectivity index (χ4v) is 2.67.